The van der Waals surface area contributed by atoms with Crippen LogP contribution in [0.4, 0.5) is 0 Å². The van der Waals surface area contributed by atoms with Crippen LogP contribution in [0.1, 0.15) is 22.3 Å². The molecule has 0 saturated heterocycles. The van der Waals surface area contributed by atoms with E-state index < -0.39 is 0 Å². The predicted octanol–water partition coefficient (Wildman–Crippen LogP) is 7.00. The lowest BCUT2D eigenvalue weighted by atomic mass is 10.1. The Morgan fingerprint density at radius 2 is 0.647 bits per heavy atom. The summed E-state index contributed by atoms with van der Waals surface area (Å²) >= 11 is 7.05. The Labute approximate surface area is 209 Å². The van der Waals surface area contributed by atoms with Crippen LogP contribution in [0.25, 0.3) is 0 Å². The maximum Gasteiger partial charge on any atom is 0.0590 e. The van der Waals surface area contributed by atoms with Gasteiger partial charge in [0.1, 0.15) is 0 Å². The molecule has 3 heteroatoms. The van der Waals surface area contributed by atoms with E-state index in [9.17, 15) is 0 Å². The molecule has 0 spiro atoms. The van der Waals surface area contributed by atoms with E-state index in [4.69, 9.17) is 11.6 Å². The van der Waals surface area contributed by atoms with Gasteiger partial charge in [0.05, 0.1) is 5.38 Å². The molecule has 0 fully saturated rings. The lowest BCUT2D eigenvalue weighted by Gasteiger charge is -2.29. The van der Waals surface area contributed by atoms with Crippen molar-refractivity contribution in [1.82, 2.24) is 9.80 Å². The van der Waals surface area contributed by atoms with Crippen LogP contribution in [-0.2, 0) is 26.2 Å². The number of halogens is 1. The quantitative estimate of drug-likeness (QED) is 0.206. The molecule has 4 rings (SSSR count). The number of hydrogen-bond donors (Lipinski definition) is 0. The Bertz CT molecular complexity index is 899. The fourth-order valence-electron chi connectivity index (χ4n) is 4.35. The molecular weight excluding hydrogens is 436 g/mol. The van der Waals surface area contributed by atoms with Crippen molar-refractivity contribution in [3.05, 3.63) is 144 Å². The molecule has 0 amide bonds. The number of hydrogen-bond acceptors (Lipinski definition) is 2. The summed E-state index contributed by atoms with van der Waals surface area (Å²) in [6, 6.07) is 42.7. The Morgan fingerprint density at radius 1 is 0.412 bits per heavy atom. The molecule has 174 valence electrons. The van der Waals surface area contributed by atoms with Crippen molar-refractivity contribution in [1.29, 1.82) is 0 Å². The summed E-state index contributed by atoms with van der Waals surface area (Å²) in [6.07, 6.45) is 0. The summed E-state index contributed by atoms with van der Waals surface area (Å²) in [7, 11) is 0. The van der Waals surface area contributed by atoms with Gasteiger partial charge in [-0.1, -0.05) is 121 Å². The van der Waals surface area contributed by atoms with E-state index in [1.54, 1.807) is 0 Å². The number of benzene rings is 4. The summed E-state index contributed by atoms with van der Waals surface area (Å²) in [4.78, 5) is 4.93. The first kappa shape index (κ1) is 24.2. The number of rotatable bonds is 12. The van der Waals surface area contributed by atoms with E-state index in [1.807, 2.05) is 0 Å². The number of nitrogens with zero attached hydrogens (tertiary/aromatic N) is 2. The molecule has 0 saturated carbocycles. The van der Waals surface area contributed by atoms with Gasteiger partial charge in [0, 0.05) is 39.3 Å². The van der Waals surface area contributed by atoms with Gasteiger partial charge in [-0.25, -0.2) is 0 Å². The first-order chi connectivity index (χ1) is 16.7. The lowest BCUT2D eigenvalue weighted by Crippen LogP contribution is -2.37. The van der Waals surface area contributed by atoms with Gasteiger partial charge in [-0.3, -0.25) is 9.80 Å². The van der Waals surface area contributed by atoms with Gasteiger partial charge in [-0.15, -0.1) is 11.6 Å². The van der Waals surface area contributed by atoms with Crippen LogP contribution in [0.5, 0.6) is 0 Å². The van der Waals surface area contributed by atoms with Crippen LogP contribution in [-0.4, -0.2) is 28.3 Å². The second kappa shape index (κ2) is 13.1. The third kappa shape index (κ3) is 8.14. The van der Waals surface area contributed by atoms with Crippen molar-refractivity contribution in [3.63, 3.8) is 0 Å². The van der Waals surface area contributed by atoms with Gasteiger partial charge in [0.2, 0.25) is 0 Å². The fourth-order valence-corrected chi connectivity index (χ4v) is 4.74. The third-order valence-electron chi connectivity index (χ3n) is 5.91. The van der Waals surface area contributed by atoms with E-state index in [0.29, 0.717) is 0 Å². The highest BCUT2D eigenvalue weighted by atomic mass is 35.5. The molecule has 0 aromatic heterocycles. The molecule has 0 N–H and O–H groups in total. The number of alkyl halides is 1. The zero-order chi connectivity index (χ0) is 23.4. The fraction of sp³-hybridized carbons (Fsp3) is 0.226. The summed E-state index contributed by atoms with van der Waals surface area (Å²) in [5.74, 6) is 0. The van der Waals surface area contributed by atoms with Crippen molar-refractivity contribution in [3.8, 4) is 0 Å². The Morgan fingerprint density at radius 3 is 0.882 bits per heavy atom. The first-order valence-electron chi connectivity index (χ1n) is 12.0. The van der Waals surface area contributed by atoms with Gasteiger partial charge in [-0.2, -0.15) is 0 Å². The smallest absolute Gasteiger partial charge is 0.0590 e. The van der Waals surface area contributed by atoms with E-state index in [1.165, 1.54) is 22.3 Å². The van der Waals surface area contributed by atoms with Crippen molar-refractivity contribution in [2.75, 3.05) is 13.1 Å². The molecule has 34 heavy (non-hydrogen) atoms. The van der Waals surface area contributed by atoms with Crippen LogP contribution in [0.2, 0.25) is 0 Å². The van der Waals surface area contributed by atoms with Crippen LogP contribution >= 0.6 is 11.6 Å². The lowest BCUT2D eigenvalue weighted by molar-refractivity contribution is 0.210. The van der Waals surface area contributed by atoms with Crippen molar-refractivity contribution < 1.29 is 0 Å². The molecule has 4 aromatic carbocycles. The third-order valence-corrected chi connectivity index (χ3v) is 6.18. The maximum absolute atomic E-state index is 7.05. The average Bonchev–Trinajstić information content (AvgIpc) is 2.86. The summed E-state index contributed by atoms with van der Waals surface area (Å²) in [5.41, 5.74) is 5.25. The summed E-state index contributed by atoms with van der Waals surface area (Å²) in [6.45, 7) is 5.19. The molecule has 0 aliphatic rings. The summed E-state index contributed by atoms with van der Waals surface area (Å²) in [5, 5.41) is 0.0137. The second-order valence-electron chi connectivity index (χ2n) is 8.88. The standard InChI is InChI=1S/C31H33ClN2/c32-31(25-33(21-27-13-5-1-6-14-27)22-28-15-7-2-8-16-28)26-34(23-29-17-9-3-10-18-29)24-30-19-11-4-12-20-30/h1-20,31H,21-26H2. The Kier molecular flexibility index (Phi) is 9.33. The minimum atomic E-state index is 0.0137. The summed E-state index contributed by atoms with van der Waals surface area (Å²) < 4.78 is 0. The van der Waals surface area contributed by atoms with Crippen LogP contribution in [0, 0.1) is 0 Å². The highest BCUT2D eigenvalue weighted by molar-refractivity contribution is 6.21. The predicted molar refractivity (Wildman–Crippen MR) is 144 cm³/mol. The molecule has 0 bridgehead atoms. The maximum atomic E-state index is 7.05. The normalized spacial score (nSPS) is 11.4. The SMILES string of the molecule is ClC(CN(Cc1ccccc1)Cc1ccccc1)CN(Cc1ccccc1)Cc1ccccc1. The monoisotopic (exact) mass is 468 g/mol. The van der Waals surface area contributed by atoms with Gasteiger partial charge in [-0.05, 0) is 22.3 Å². The zero-order valence-corrected chi connectivity index (χ0v) is 20.4. The molecule has 0 atom stereocenters. The zero-order valence-electron chi connectivity index (χ0n) is 19.6. The topological polar surface area (TPSA) is 6.48 Å². The molecule has 2 nitrogen and oxygen atoms in total. The van der Waals surface area contributed by atoms with Crippen LogP contribution in [0.3, 0.4) is 0 Å². The van der Waals surface area contributed by atoms with Gasteiger partial charge in [0.15, 0.2) is 0 Å². The molecule has 0 radical (unpaired) electrons. The highest BCUT2D eigenvalue weighted by Crippen LogP contribution is 2.16. The highest BCUT2D eigenvalue weighted by Gasteiger charge is 2.17. The van der Waals surface area contributed by atoms with Gasteiger partial charge >= 0.3 is 0 Å². The van der Waals surface area contributed by atoms with Gasteiger partial charge < -0.3 is 0 Å². The van der Waals surface area contributed by atoms with Crippen molar-refractivity contribution in [2.24, 2.45) is 0 Å². The molecule has 0 aliphatic carbocycles. The van der Waals surface area contributed by atoms with Crippen LogP contribution < -0.4 is 0 Å². The van der Waals surface area contributed by atoms with Gasteiger partial charge in [0.25, 0.3) is 0 Å². The average molecular weight is 469 g/mol. The van der Waals surface area contributed by atoms with Crippen molar-refractivity contribution in [2.45, 2.75) is 31.6 Å². The Balaban J connectivity index is 1.45. The minimum absolute atomic E-state index is 0.0137. The molecule has 4 aromatic rings. The van der Waals surface area contributed by atoms with Crippen LogP contribution in [0.15, 0.2) is 121 Å². The molecule has 0 aliphatic heterocycles. The van der Waals surface area contributed by atoms with Crippen molar-refractivity contribution >= 4 is 11.6 Å². The minimum Gasteiger partial charge on any atom is -0.293 e. The van der Waals surface area contributed by atoms with E-state index in [0.717, 1.165) is 39.3 Å². The van der Waals surface area contributed by atoms with E-state index in [-0.39, 0.29) is 5.38 Å². The molecular formula is C31H33ClN2. The van der Waals surface area contributed by atoms with E-state index in [2.05, 4.69) is 131 Å². The molecule has 0 heterocycles. The largest absolute Gasteiger partial charge is 0.293 e. The molecule has 0 unspecified atom stereocenters. The first-order valence-corrected chi connectivity index (χ1v) is 12.4. The second-order valence-corrected chi connectivity index (χ2v) is 9.50. The Hall–Kier alpha value is -2.91. The van der Waals surface area contributed by atoms with E-state index >= 15 is 0 Å².